The van der Waals surface area contributed by atoms with Crippen molar-refractivity contribution in [2.75, 3.05) is 7.11 Å². The molecule has 0 radical (unpaired) electrons. The van der Waals surface area contributed by atoms with Crippen LogP contribution in [-0.4, -0.2) is 33.2 Å². The fourth-order valence-corrected chi connectivity index (χ4v) is 2.42. The zero-order chi connectivity index (χ0) is 16.4. The van der Waals surface area contributed by atoms with Gasteiger partial charge < -0.3 is 9.84 Å². The van der Waals surface area contributed by atoms with Crippen LogP contribution >= 0.6 is 0 Å². The zero-order valence-electron chi connectivity index (χ0n) is 12.7. The van der Waals surface area contributed by atoms with Gasteiger partial charge in [-0.15, -0.1) is 5.10 Å². The number of carboxylic acids is 1. The van der Waals surface area contributed by atoms with E-state index in [1.54, 1.807) is 30.0 Å². The number of hydrogen-bond donors (Lipinski definition) is 1. The first-order valence-electron chi connectivity index (χ1n) is 7.01. The molecule has 0 bridgehead atoms. The van der Waals surface area contributed by atoms with Crippen LogP contribution in [0.2, 0.25) is 0 Å². The zero-order valence-corrected chi connectivity index (χ0v) is 12.7. The summed E-state index contributed by atoms with van der Waals surface area (Å²) in [6.45, 7) is 1.94. The minimum absolute atomic E-state index is 0.0958. The van der Waals surface area contributed by atoms with E-state index < -0.39 is 5.97 Å². The molecule has 0 aliphatic heterocycles. The van der Waals surface area contributed by atoms with Crippen molar-refractivity contribution in [3.63, 3.8) is 0 Å². The SMILES string of the molecule is COc1cccc(-c2c(C(=O)O)nnn2-c2ccccc2C)c1. The van der Waals surface area contributed by atoms with Crippen molar-refractivity contribution in [3.8, 4) is 22.7 Å². The standard InChI is InChI=1S/C17H15N3O3/c1-11-6-3-4-9-14(11)20-16(15(17(21)22)18-19-20)12-7-5-8-13(10-12)23-2/h3-10H,1-2H3,(H,21,22). The maximum Gasteiger partial charge on any atom is 0.358 e. The highest BCUT2D eigenvalue weighted by Gasteiger charge is 2.22. The van der Waals surface area contributed by atoms with E-state index in [0.717, 1.165) is 11.3 Å². The van der Waals surface area contributed by atoms with E-state index in [0.29, 0.717) is 17.0 Å². The molecular formula is C17H15N3O3. The molecule has 6 nitrogen and oxygen atoms in total. The molecular weight excluding hydrogens is 294 g/mol. The van der Waals surface area contributed by atoms with E-state index in [9.17, 15) is 9.90 Å². The first-order valence-corrected chi connectivity index (χ1v) is 7.01. The van der Waals surface area contributed by atoms with Crippen molar-refractivity contribution < 1.29 is 14.6 Å². The van der Waals surface area contributed by atoms with Crippen molar-refractivity contribution in [1.29, 1.82) is 0 Å². The smallest absolute Gasteiger partial charge is 0.358 e. The maximum atomic E-state index is 11.5. The summed E-state index contributed by atoms with van der Waals surface area (Å²) in [4.78, 5) is 11.5. The molecule has 0 spiro atoms. The molecule has 3 aromatic rings. The van der Waals surface area contributed by atoms with E-state index in [1.165, 1.54) is 0 Å². The Labute approximate surface area is 133 Å². The summed E-state index contributed by atoms with van der Waals surface area (Å²) in [6.07, 6.45) is 0. The van der Waals surface area contributed by atoms with Crippen molar-refractivity contribution >= 4 is 5.97 Å². The fraction of sp³-hybridized carbons (Fsp3) is 0.118. The van der Waals surface area contributed by atoms with Gasteiger partial charge in [0.05, 0.1) is 12.8 Å². The number of hydrogen-bond acceptors (Lipinski definition) is 4. The number of para-hydroxylation sites is 1. The van der Waals surface area contributed by atoms with Crippen molar-refractivity contribution in [3.05, 3.63) is 59.8 Å². The minimum atomic E-state index is -1.12. The number of carbonyl (C=O) groups is 1. The van der Waals surface area contributed by atoms with Crippen molar-refractivity contribution in [1.82, 2.24) is 15.0 Å². The van der Waals surface area contributed by atoms with Crippen LogP contribution in [-0.2, 0) is 0 Å². The molecule has 0 fully saturated rings. The Morgan fingerprint density at radius 1 is 1.17 bits per heavy atom. The van der Waals surface area contributed by atoms with Gasteiger partial charge in [-0.25, -0.2) is 9.48 Å². The summed E-state index contributed by atoms with van der Waals surface area (Å²) in [7, 11) is 1.56. The van der Waals surface area contributed by atoms with Gasteiger partial charge in [-0.3, -0.25) is 0 Å². The molecule has 1 N–H and O–H groups in total. The minimum Gasteiger partial charge on any atom is -0.497 e. The van der Waals surface area contributed by atoms with E-state index in [-0.39, 0.29) is 5.69 Å². The average Bonchev–Trinajstić information content (AvgIpc) is 3.00. The summed E-state index contributed by atoms with van der Waals surface area (Å²) in [6, 6.07) is 14.8. The number of rotatable bonds is 4. The Morgan fingerprint density at radius 2 is 1.96 bits per heavy atom. The summed E-state index contributed by atoms with van der Waals surface area (Å²) in [5.41, 5.74) is 2.76. The Bertz CT molecular complexity index is 871. The Kier molecular flexibility index (Phi) is 3.80. The van der Waals surface area contributed by atoms with Gasteiger partial charge in [0.15, 0.2) is 5.69 Å². The van der Waals surface area contributed by atoms with Crippen LogP contribution in [0, 0.1) is 6.92 Å². The monoisotopic (exact) mass is 309 g/mol. The van der Waals surface area contributed by atoms with Crippen molar-refractivity contribution in [2.45, 2.75) is 6.92 Å². The maximum absolute atomic E-state index is 11.5. The van der Waals surface area contributed by atoms with Crippen LogP contribution in [0.3, 0.4) is 0 Å². The lowest BCUT2D eigenvalue weighted by Gasteiger charge is -2.10. The molecule has 0 aliphatic carbocycles. The molecule has 2 aromatic carbocycles. The third kappa shape index (κ3) is 2.66. The molecule has 0 amide bonds. The van der Waals surface area contributed by atoms with Gasteiger partial charge >= 0.3 is 5.97 Å². The predicted molar refractivity (Wildman–Crippen MR) is 85.0 cm³/mol. The lowest BCUT2D eigenvalue weighted by Crippen LogP contribution is -2.04. The summed E-state index contributed by atoms with van der Waals surface area (Å²) in [5.74, 6) is -0.487. The molecule has 116 valence electrons. The van der Waals surface area contributed by atoms with Crippen LogP contribution in [0.5, 0.6) is 5.75 Å². The molecule has 1 heterocycles. The van der Waals surface area contributed by atoms with Gasteiger partial charge in [-0.05, 0) is 30.7 Å². The number of aryl methyl sites for hydroxylation is 1. The van der Waals surface area contributed by atoms with E-state index >= 15 is 0 Å². The second kappa shape index (κ2) is 5.92. The number of aromatic nitrogens is 3. The first-order chi connectivity index (χ1) is 11.1. The van der Waals surface area contributed by atoms with Gasteiger partial charge in [0.2, 0.25) is 0 Å². The molecule has 6 heteroatoms. The average molecular weight is 309 g/mol. The highest BCUT2D eigenvalue weighted by Crippen LogP contribution is 2.29. The number of nitrogens with zero attached hydrogens (tertiary/aromatic N) is 3. The number of carboxylic acid groups (broad SMARTS) is 1. The molecule has 0 atom stereocenters. The third-order valence-corrected chi connectivity index (χ3v) is 3.56. The Hall–Kier alpha value is -3.15. The van der Waals surface area contributed by atoms with E-state index in [2.05, 4.69) is 10.3 Å². The van der Waals surface area contributed by atoms with Crippen LogP contribution in [0.1, 0.15) is 16.1 Å². The van der Waals surface area contributed by atoms with Gasteiger partial charge in [-0.2, -0.15) is 0 Å². The highest BCUT2D eigenvalue weighted by atomic mass is 16.5. The molecule has 0 unspecified atom stereocenters. The molecule has 0 aliphatic rings. The van der Waals surface area contributed by atoms with Gasteiger partial charge in [-0.1, -0.05) is 35.5 Å². The van der Waals surface area contributed by atoms with E-state index in [1.807, 2.05) is 37.3 Å². The van der Waals surface area contributed by atoms with Gasteiger partial charge in [0, 0.05) is 5.56 Å². The summed E-state index contributed by atoms with van der Waals surface area (Å²) < 4.78 is 6.77. The van der Waals surface area contributed by atoms with Crippen LogP contribution in [0.4, 0.5) is 0 Å². The summed E-state index contributed by atoms with van der Waals surface area (Å²) >= 11 is 0. The first kappa shape index (κ1) is 14.8. The van der Waals surface area contributed by atoms with Gasteiger partial charge in [0.25, 0.3) is 0 Å². The lowest BCUT2D eigenvalue weighted by molar-refractivity contribution is 0.0691. The molecule has 0 saturated heterocycles. The number of methoxy groups -OCH3 is 1. The molecule has 23 heavy (non-hydrogen) atoms. The second-order valence-electron chi connectivity index (χ2n) is 5.02. The summed E-state index contributed by atoms with van der Waals surface area (Å²) in [5, 5.41) is 17.3. The quantitative estimate of drug-likeness (QED) is 0.801. The van der Waals surface area contributed by atoms with Crippen LogP contribution in [0.25, 0.3) is 16.9 Å². The van der Waals surface area contributed by atoms with Gasteiger partial charge in [0.1, 0.15) is 11.4 Å². The molecule has 0 saturated carbocycles. The highest BCUT2D eigenvalue weighted by molar-refractivity contribution is 5.93. The molecule has 3 rings (SSSR count). The number of aromatic carboxylic acids is 1. The predicted octanol–water partition coefficient (Wildman–Crippen LogP) is 2.95. The number of benzene rings is 2. The molecule has 1 aromatic heterocycles. The van der Waals surface area contributed by atoms with E-state index in [4.69, 9.17) is 4.74 Å². The van der Waals surface area contributed by atoms with Crippen LogP contribution < -0.4 is 4.74 Å². The third-order valence-electron chi connectivity index (χ3n) is 3.56. The fourth-order valence-electron chi connectivity index (χ4n) is 2.42. The normalized spacial score (nSPS) is 10.5. The Balaban J connectivity index is 2.27. The Morgan fingerprint density at radius 3 is 2.65 bits per heavy atom. The largest absolute Gasteiger partial charge is 0.497 e. The van der Waals surface area contributed by atoms with Crippen molar-refractivity contribution in [2.24, 2.45) is 0 Å². The second-order valence-corrected chi connectivity index (χ2v) is 5.02. The lowest BCUT2D eigenvalue weighted by atomic mass is 10.1. The number of ether oxygens (including phenoxy) is 1. The van der Waals surface area contributed by atoms with Crippen LogP contribution in [0.15, 0.2) is 48.5 Å². The topological polar surface area (TPSA) is 77.2 Å².